The van der Waals surface area contributed by atoms with Crippen LogP contribution in [0.4, 0.5) is 5.69 Å². The molecule has 6 N–H and O–H groups in total. The summed E-state index contributed by atoms with van der Waals surface area (Å²) in [5, 5.41) is 18.1. The summed E-state index contributed by atoms with van der Waals surface area (Å²) in [6.07, 6.45) is 1.74. The molecule has 1 aromatic rings. The second-order valence-corrected chi connectivity index (χ2v) is 4.92. The summed E-state index contributed by atoms with van der Waals surface area (Å²) < 4.78 is 0. The summed E-state index contributed by atoms with van der Waals surface area (Å²) in [5.41, 5.74) is 6.41. The lowest BCUT2D eigenvalue weighted by Gasteiger charge is -2.23. The van der Waals surface area contributed by atoms with Gasteiger partial charge in [-0.25, -0.2) is 9.79 Å². The highest BCUT2D eigenvalue weighted by atomic mass is 16.4. The fourth-order valence-corrected chi connectivity index (χ4v) is 1.98. The molecule has 0 bridgehead atoms. The number of nitrogens with one attached hydrogen (secondary N) is 3. The van der Waals surface area contributed by atoms with Gasteiger partial charge in [0.1, 0.15) is 11.4 Å². The van der Waals surface area contributed by atoms with Gasteiger partial charge in [0.2, 0.25) is 5.91 Å². The van der Waals surface area contributed by atoms with Gasteiger partial charge in [0.15, 0.2) is 6.29 Å². The van der Waals surface area contributed by atoms with Crippen LogP contribution in [0.25, 0.3) is 0 Å². The number of aliphatic carboxylic acids is 1. The highest BCUT2D eigenvalue weighted by Crippen LogP contribution is 2.12. The van der Waals surface area contributed by atoms with Crippen molar-refractivity contribution in [2.75, 3.05) is 11.9 Å². The minimum Gasteiger partial charge on any atom is -0.478 e. The zero-order chi connectivity index (χ0) is 16.8. The van der Waals surface area contributed by atoms with Gasteiger partial charge in [-0.05, 0) is 30.7 Å². The average Bonchev–Trinajstić information content (AvgIpc) is 2.53. The van der Waals surface area contributed by atoms with Crippen LogP contribution < -0.4 is 21.7 Å². The summed E-state index contributed by atoms with van der Waals surface area (Å²) in [6, 6.07) is 6.61. The smallest absolute Gasteiger partial charge is 0.340 e. The van der Waals surface area contributed by atoms with Crippen molar-refractivity contribution < 1.29 is 14.7 Å². The molecule has 0 fully saturated rings. The molecule has 1 aliphatic rings. The molecule has 0 saturated carbocycles. The molecule has 23 heavy (non-hydrogen) atoms. The number of aliphatic imine (C=N–C) groups is 1. The minimum atomic E-state index is -1.05. The van der Waals surface area contributed by atoms with Gasteiger partial charge in [0.05, 0.1) is 0 Å². The van der Waals surface area contributed by atoms with E-state index in [1.807, 2.05) is 6.92 Å². The molecule has 0 saturated heterocycles. The van der Waals surface area contributed by atoms with Crippen molar-refractivity contribution in [3.05, 3.63) is 41.6 Å². The third-order valence-corrected chi connectivity index (χ3v) is 3.14. The highest BCUT2D eigenvalue weighted by molar-refractivity contribution is 6.18. The Morgan fingerprint density at radius 2 is 2.04 bits per heavy atom. The van der Waals surface area contributed by atoms with Gasteiger partial charge >= 0.3 is 5.97 Å². The number of nitrogens with two attached hydrogens (primary N) is 1. The molecule has 0 aliphatic carbocycles. The number of carboxylic acids is 1. The second-order valence-electron chi connectivity index (χ2n) is 4.92. The number of hydrogen-bond acceptors (Lipinski definition) is 6. The Bertz CT molecular complexity index is 652. The van der Waals surface area contributed by atoms with E-state index in [0.717, 1.165) is 12.1 Å². The summed E-state index contributed by atoms with van der Waals surface area (Å²) in [4.78, 5) is 26.6. The van der Waals surface area contributed by atoms with Crippen LogP contribution in [-0.2, 0) is 4.79 Å². The van der Waals surface area contributed by atoms with E-state index < -0.39 is 18.2 Å². The van der Waals surface area contributed by atoms with E-state index in [1.165, 1.54) is 6.20 Å². The lowest BCUT2D eigenvalue weighted by Crippen LogP contribution is -2.41. The number of carbonyl (C=O) groups excluding carboxylic acids is 1. The molecule has 1 aliphatic heterocycles. The van der Waals surface area contributed by atoms with Gasteiger partial charge < -0.3 is 26.8 Å². The molecule has 1 amide bonds. The number of carboxylic acid groups (broad SMARTS) is 1. The summed E-state index contributed by atoms with van der Waals surface area (Å²) in [6.45, 7) is 2.61. The van der Waals surface area contributed by atoms with Crippen LogP contribution in [0, 0.1) is 0 Å². The van der Waals surface area contributed by atoms with Crippen molar-refractivity contribution >= 4 is 23.4 Å². The molecule has 0 spiro atoms. The van der Waals surface area contributed by atoms with E-state index in [9.17, 15) is 14.7 Å². The van der Waals surface area contributed by atoms with Gasteiger partial charge in [-0.2, -0.15) is 0 Å². The molecule has 0 radical (unpaired) electrons. The molecule has 122 valence electrons. The lowest BCUT2D eigenvalue weighted by atomic mass is 10.2. The molecule has 1 aromatic carbocycles. The van der Waals surface area contributed by atoms with E-state index in [1.54, 1.807) is 24.3 Å². The Labute approximate surface area is 133 Å². The average molecular weight is 317 g/mol. The van der Waals surface area contributed by atoms with E-state index in [4.69, 9.17) is 5.73 Å². The van der Waals surface area contributed by atoms with Crippen LogP contribution >= 0.6 is 0 Å². The van der Waals surface area contributed by atoms with Gasteiger partial charge in [-0.1, -0.05) is 6.92 Å². The number of amidine groups is 1. The van der Waals surface area contributed by atoms with E-state index in [-0.39, 0.29) is 5.57 Å². The normalized spacial score (nSPS) is 16.7. The molecule has 0 aromatic heterocycles. The van der Waals surface area contributed by atoms with Crippen molar-refractivity contribution in [1.29, 1.82) is 0 Å². The number of nitrogens with zero attached hydrogens (tertiary/aromatic N) is 1. The van der Waals surface area contributed by atoms with Gasteiger partial charge in [-0.15, -0.1) is 0 Å². The third kappa shape index (κ3) is 4.22. The number of amides is 1. The first kappa shape index (κ1) is 16.3. The minimum absolute atomic E-state index is 0.0839. The van der Waals surface area contributed by atoms with Gasteiger partial charge in [0, 0.05) is 24.0 Å². The number of primary amides is 1. The Kier molecular flexibility index (Phi) is 5.19. The lowest BCUT2D eigenvalue weighted by molar-refractivity contribution is -0.132. The zero-order valence-electron chi connectivity index (χ0n) is 12.7. The summed E-state index contributed by atoms with van der Waals surface area (Å²) in [5.74, 6) is -1.22. The van der Waals surface area contributed by atoms with Gasteiger partial charge in [-0.3, -0.25) is 4.79 Å². The Morgan fingerprint density at radius 3 is 2.61 bits per heavy atom. The maximum Gasteiger partial charge on any atom is 0.340 e. The highest BCUT2D eigenvalue weighted by Gasteiger charge is 2.21. The molecule has 8 heteroatoms. The third-order valence-electron chi connectivity index (χ3n) is 3.14. The van der Waals surface area contributed by atoms with Crippen LogP contribution in [0.5, 0.6) is 0 Å². The number of rotatable bonds is 6. The molecular weight excluding hydrogens is 298 g/mol. The summed E-state index contributed by atoms with van der Waals surface area (Å²) in [7, 11) is 0. The Hall–Kier alpha value is -3.03. The number of anilines is 1. The van der Waals surface area contributed by atoms with Gasteiger partial charge in [0.25, 0.3) is 0 Å². The topological polar surface area (TPSA) is 129 Å². The molecule has 1 unspecified atom stereocenters. The maximum atomic E-state index is 11.2. The predicted molar refractivity (Wildman–Crippen MR) is 87.0 cm³/mol. The van der Waals surface area contributed by atoms with E-state index in [0.29, 0.717) is 17.9 Å². The quantitative estimate of drug-likeness (QED) is 0.518. The first-order chi connectivity index (χ1) is 11.0. The van der Waals surface area contributed by atoms with Crippen LogP contribution in [0.3, 0.4) is 0 Å². The summed E-state index contributed by atoms with van der Waals surface area (Å²) >= 11 is 0. The Balaban J connectivity index is 2.09. The maximum absolute atomic E-state index is 11.2. The van der Waals surface area contributed by atoms with Crippen molar-refractivity contribution in [1.82, 2.24) is 10.6 Å². The predicted octanol–water partition coefficient (Wildman–Crippen LogP) is 0.451. The van der Waals surface area contributed by atoms with E-state index >= 15 is 0 Å². The largest absolute Gasteiger partial charge is 0.478 e. The SMILES string of the molecule is CCCNC1=NC(Nc2ccc(C(N)=O)cc2)NC=C1C(=O)O. The molecule has 1 atom stereocenters. The van der Waals surface area contributed by atoms with Crippen LogP contribution in [0.15, 0.2) is 41.0 Å². The fourth-order valence-electron chi connectivity index (χ4n) is 1.98. The number of hydrogen-bond donors (Lipinski definition) is 5. The van der Waals surface area contributed by atoms with Crippen LogP contribution in [0.1, 0.15) is 23.7 Å². The fraction of sp³-hybridized carbons (Fsp3) is 0.267. The van der Waals surface area contributed by atoms with Crippen molar-refractivity contribution in [2.45, 2.75) is 19.6 Å². The zero-order valence-corrected chi connectivity index (χ0v) is 12.7. The standard InChI is InChI=1S/C15H19N5O3/c1-2-7-17-13-11(14(22)23)8-18-15(20-13)19-10-5-3-9(4-6-10)12(16)21/h3-6,8,15,18-19H,2,7H2,1H3,(H2,16,21)(H,17,20)(H,22,23). The molecular formula is C15H19N5O3. The van der Waals surface area contributed by atoms with Crippen LogP contribution in [-0.4, -0.2) is 35.7 Å². The number of carbonyl (C=O) groups is 2. The van der Waals surface area contributed by atoms with E-state index in [2.05, 4.69) is 20.9 Å². The first-order valence-corrected chi connectivity index (χ1v) is 7.19. The molecule has 2 rings (SSSR count). The monoisotopic (exact) mass is 317 g/mol. The second kappa shape index (κ2) is 7.30. The van der Waals surface area contributed by atoms with Crippen molar-refractivity contribution in [2.24, 2.45) is 10.7 Å². The Morgan fingerprint density at radius 1 is 1.35 bits per heavy atom. The number of benzene rings is 1. The molecule has 1 heterocycles. The van der Waals surface area contributed by atoms with Crippen LogP contribution in [0.2, 0.25) is 0 Å². The molecule has 8 nitrogen and oxygen atoms in total. The van der Waals surface area contributed by atoms with Crippen molar-refractivity contribution in [3.8, 4) is 0 Å². The van der Waals surface area contributed by atoms with Crippen molar-refractivity contribution in [3.63, 3.8) is 0 Å². The first-order valence-electron chi connectivity index (χ1n) is 7.19.